The van der Waals surface area contributed by atoms with E-state index in [9.17, 15) is 13.5 Å². The largest absolute Gasteiger partial charge is 0.504 e. The highest BCUT2D eigenvalue weighted by atomic mass is 32.3. The molecule has 76 valence electrons. The summed E-state index contributed by atoms with van der Waals surface area (Å²) in [4.78, 5) is 0. The maximum Gasteiger partial charge on any atom is 0.501 e. The van der Waals surface area contributed by atoms with Crippen molar-refractivity contribution in [3.63, 3.8) is 0 Å². The van der Waals surface area contributed by atoms with Crippen LogP contribution >= 0.6 is 0 Å². The standard InChI is InChI=1S/C7H6O6S/c1-11-5-3-2-4(8)6-7(5)13-14(9,10)12-6/h2-3,8H,1H3. The average molecular weight is 218 g/mol. The van der Waals surface area contributed by atoms with Crippen LogP contribution in [0.5, 0.6) is 23.0 Å². The number of ether oxygens (including phenoxy) is 1. The molecular weight excluding hydrogens is 212 g/mol. The van der Waals surface area contributed by atoms with E-state index in [4.69, 9.17) is 4.74 Å². The van der Waals surface area contributed by atoms with Gasteiger partial charge in [-0.1, -0.05) is 0 Å². The molecule has 0 spiro atoms. The monoisotopic (exact) mass is 218 g/mol. The zero-order valence-corrected chi connectivity index (χ0v) is 7.87. The zero-order valence-electron chi connectivity index (χ0n) is 7.05. The first-order valence-corrected chi connectivity index (χ1v) is 4.90. The minimum atomic E-state index is -4.10. The van der Waals surface area contributed by atoms with Crippen molar-refractivity contribution in [3.05, 3.63) is 12.1 Å². The van der Waals surface area contributed by atoms with Gasteiger partial charge in [-0.05, 0) is 12.1 Å². The minimum Gasteiger partial charge on any atom is -0.504 e. The summed E-state index contributed by atoms with van der Waals surface area (Å²) in [6.07, 6.45) is 0. The molecule has 1 N–H and O–H groups in total. The van der Waals surface area contributed by atoms with E-state index in [2.05, 4.69) is 8.37 Å². The Bertz CT molecular complexity index is 477. The van der Waals surface area contributed by atoms with Crippen molar-refractivity contribution in [3.8, 4) is 23.0 Å². The summed E-state index contributed by atoms with van der Waals surface area (Å²) >= 11 is 0. The number of rotatable bonds is 1. The van der Waals surface area contributed by atoms with Crippen LogP contribution in [0.25, 0.3) is 0 Å². The highest BCUT2D eigenvalue weighted by Crippen LogP contribution is 2.48. The molecular formula is C7H6O6S. The Morgan fingerprint density at radius 1 is 1.29 bits per heavy atom. The van der Waals surface area contributed by atoms with Crippen LogP contribution in [0.15, 0.2) is 12.1 Å². The van der Waals surface area contributed by atoms with Gasteiger partial charge in [-0.25, -0.2) is 0 Å². The van der Waals surface area contributed by atoms with Gasteiger partial charge >= 0.3 is 10.4 Å². The molecule has 0 aliphatic carbocycles. The smallest absolute Gasteiger partial charge is 0.501 e. The second-order valence-electron chi connectivity index (χ2n) is 2.52. The number of fused-ring (bicyclic) bond motifs is 1. The van der Waals surface area contributed by atoms with Crippen molar-refractivity contribution < 1.29 is 26.6 Å². The van der Waals surface area contributed by atoms with E-state index in [1.165, 1.54) is 19.2 Å². The summed E-state index contributed by atoms with van der Waals surface area (Å²) in [6.45, 7) is 0. The molecule has 0 aromatic heterocycles. The highest BCUT2D eigenvalue weighted by molar-refractivity contribution is 7.82. The van der Waals surface area contributed by atoms with Crippen LogP contribution in [0.4, 0.5) is 0 Å². The van der Waals surface area contributed by atoms with Crippen molar-refractivity contribution in [2.24, 2.45) is 0 Å². The van der Waals surface area contributed by atoms with Crippen LogP contribution in [-0.2, 0) is 10.4 Å². The van der Waals surface area contributed by atoms with Gasteiger partial charge in [0.15, 0.2) is 11.5 Å². The molecule has 6 nitrogen and oxygen atoms in total. The van der Waals surface area contributed by atoms with E-state index < -0.39 is 10.4 Å². The Morgan fingerprint density at radius 3 is 2.57 bits per heavy atom. The lowest BCUT2D eigenvalue weighted by molar-refractivity contribution is 0.391. The third kappa shape index (κ3) is 1.22. The summed E-state index contributed by atoms with van der Waals surface area (Å²) in [6, 6.07) is 2.63. The van der Waals surface area contributed by atoms with E-state index in [1.807, 2.05) is 0 Å². The first-order valence-electron chi connectivity index (χ1n) is 3.57. The van der Waals surface area contributed by atoms with E-state index in [0.717, 1.165) is 0 Å². The number of benzene rings is 1. The van der Waals surface area contributed by atoms with Gasteiger partial charge in [-0.3, -0.25) is 0 Å². The van der Waals surface area contributed by atoms with Crippen LogP contribution in [0.1, 0.15) is 0 Å². The van der Waals surface area contributed by atoms with Crippen LogP contribution in [0.3, 0.4) is 0 Å². The Balaban J connectivity index is 2.64. The fourth-order valence-corrected chi connectivity index (χ4v) is 1.84. The van der Waals surface area contributed by atoms with Gasteiger partial charge in [0.05, 0.1) is 7.11 Å². The molecule has 1 aromatic carbocycles. The SMILES string of the molecule is COc1ccc(O)c2c1OS(=O)(=O)O2. The van der Waals surface area contributed by atoms with Gasteiger partial charge in [0.1, 0.15) is 0 Å². The number of hydrogen-bond acceptors (Lipinski definition) is 6. The fraction of sp³-hybridized carbons (Fsp3) is 0.143. The van der Waals surface area contributed by atoms with E-state index >= 15 is 0 Å². The van der Waals surface area contributed by atoms with Gasteiger partial charge in [-0.2, -0.15) is 0 Å². The lowest BCUT2D eigenvalue weighted by Crippen LogP contribution is -2.08. The number of phenolic OH excluding ortho intramolecular Hbond substituents is 1. The lowest BCUT2D eigenvalue weighted by atomic mass is 10.3. The molecule has 0 atom stereocenters. The minimum absolute atomic E-state index is 0.132. The molecule has 1 aliphatic heterocycles. The molecule has 0 radical (unpaired) electrons. The van der Waals surface area contributed by atoms with Gasteiger partial charge in [0, 0.05) is 0 Å². The maximum absolute atomic E-state index is 10.9. The van der Waals surface area contributed by atoms with Gasteiger partial charge in [-0.15, -0.1) is 8.42 Å². The second kappa shape index (κ2) is 2.68. The van der Waals surface area contributed by atoms with E-state index in [-0.39, 0.29) is 23.0 Å². The molecule has 0 amide bonds. The van der Waals surface area contributed by atoms with Crippen LogP contribution in [0.2, 0.25) is 0 Å². The molecule has 0 unspecified atom stereocenters. The number of methoxy groups -OCH3 is 1. The fourth-order valence-electron chi connectivity index (χ4n) is 1.08. The molecule has 1 aromatic rings. The lowest BCUT2D eigenvalue weighted by Gasteiger charge is -2.02. The highest BCUT2D eigenvalue weighted by Gasteiger charge is 2.34. The summed E-state index contributed by atoms with van der Waals surface area (Å²) in [5.41, 5.74) is 0. The Morgan fingerprint density at radius 2 is 1.93 bits per heavy atom. The quantitative estimate of drug-likeness (QED) is 0.735. The maximum atomic E-state index is 10.9. The molecule has 0 saturated heterocycles. The second-order valence-corrected chi connectivity index (χ2v) is 3.67. The number of aromatic hydroxyl groups is 1. The molecule has 7 heteroatoms. The topological polar surface area (TPSA) is 82.1 Å². The predicted molar refractivity (Wildman–Crippen MR) is 44.8 cm³/mol. The number of phenols is 1. The van der Waals surface area contributed by atoms with Crippen molar-refractivity contribution in [2.75, 3.05) is 7.11 Å². The summed E-state index contributed by atoms with van der Waals surface area (Å²) in [7, 11) is -2.75. The third-order valence-electron chi connectivity index (χ3n) is 1.65. The Kier molecular flexibility index (Phi) is 1.71. The van der Waals surface area contributed by atoms with Crippen molar-refractivity contribution >= 4 is 10.4 Å². The average Bonchev–Trinajstić information content (AvgIpc) is 2.42. The summed E-state index contributed by atoms with van der Waals surface area (Å²) in [5.74, 6) is -0.516. The van der Waals surface area contributed by atoms with Crippen LogP contribution in [-0.4, -0.2) is 20.6 Å². The molecule has 0 fully saturated rings. The number of hydrogen-bond donors (Lipinski definition) is 1. The van der Waals surface area contributed by atoms with E-state index in [0.29, 0.717) is 0 Å². The van der Waals surface area contributed by atoms with Gasteiger partial charge < -0.3 is 18.2 Å². The summed E-state index contributed by atoms with van der Waals surface area (Å²) < 4.78 is 35.5. The predicted octanol–water partition coefficient (Wildman–Crippen LogP) is 0.417. The van der Waals surface area contributed by atoms with Gasteiger partial charge in [0.25, 0.3) is 0 Å². The molecule has 1 aliphatic rings. The molecule has 2 rings (SSSR count). The zero-order chi connectivity index (χ0) is 10.3. The van der Waals surface area contributed by atoms with Crippen molar-refractivity contribution in [1.82, 2.24) is 0 Å². The van der Waals surface area contributed by atoms with Crippen LogP contribution < -0.4 is 13.1 Å². The first-order chi connectivity index (χ1) is 6.53. The van der Waals surface area contributed by atoms with Crippen molar-refractivity contribution in [1.29, 1.82) is 0 Å². The molecule has 0 bridgehead atoms. The van der Waals surface area contributed by atoms with Crippen molar-refractivity contribution in [2.45, 2.75) is 0 Å². The summed E-state index contributed by atoms with van der Waals surface area (Å²) in [5, 5.41) is 9.26. The first kappa shape index (κ1) is 8.95. The van der Waals surface area contributed by atoms with E-state index in [1.54, 1.807) is 0 Å². The van der Waals surface area contributed by atoms with Crippen LogP contribution in [0, 0.1) is 0 Å². The molecule has 1 heterocycles. The Hall–Kier alpha value is -1.63. The Labute approximate surface area is 80.0 Å². The van der Waals surface area contributed by atoms with Gasteiger partial charge in [0.2, 0.25) is 11.5 Å². The normalized spacial score (nSPS) is 16.6. The molecule has 14 heavy (non-hydrogen) atoms. The molecule has 0 saturated carbocycles. The third-order valence-corrected chi connectivity index (χ3v) is 2.39.